The molecule has 0 aromatic heterocycles. The zero-order chi connectivity index (χ0) is 13.8. The molecule has 5 nitrogen and oxygen atoms in total. The summed E-state index contributed by atoms with van der Waals surface area (Å²) in [5.41, 5.74) is 2.00. The molecule has 1 aromatic rings. The number of hydrogen-bond donors (Lipinski definition) is 1. The average Bonchev–Trinajstić information content (AvgIpc) is 2.85. The molecule has 1 aromatic carbocycles. The van der Waals surface area contributed by atoms with Crippen LogP contribution in [-0.4, -0.2) is 34.7 Å². The van der Waals surface area contributed by atoms with Crippen molar-refractivity contribution in [1.29, 1.82) is 0 Å². The summed E-state index contributed by atoms with van der Waals surface area (Å²) in [5.74, 6) is -0.968. The Bertz CT molecular complexity index is 486. The fourth-order valence-corrected chi connectivity index (χ4v) is 2.27. The Labute approximate surface area is 111 Å². The van der Waals surface area contributed by atoms with Gasteiger partial charge in [0.15, 0.2) is 0 Å². The second kappa shape index (κ2) is 5.73. The number of benzene rings is 1. The van der Waals surface area contributed by atoms with Crippen LogP contribution in [0.2, 0.25) is 0 Å². The molecule has 1 amide bonds. The third-order valence-corrected chi connectivity index (χ3v) is 3.22. The molecule has 1 heterocycles. The standard InChI is InChI=1S/C14H17NO4/c1-10-4-2-5-11(8-10)9-19-14(18)15-7-3-6-12(15)13(16)17/h2,4-5,8,12H,3,6-7,9H2,1H3,(H,16,17). The van der Waals surface area contributed by atoms with Gasteiger partial charge >= 0.3 is 12.1 Å². The molecule has 0 radical (unpaired) electrons. The number of aryl methyl sites for hydroxylation is 1. The fraction of sp³-hybridized carbons (Fsp3) is 0.429. The van der Waals surface area contributed by atoms with Crippen molar-refractivity contribution in [3.05, 3.63) is 35.4 Å². The number of rotatable bonds is 3. The largest absolute Gasteiger partial charge is 0.480 e. The highest BCUT2D eigenvalue weighted by Crippen LogP contribution is 2.19. The second-order valence-electron chi connectivity index (χ2n) is 4.73. The van der Waals surface area contributed by atoms with E-state index in [-0.39, 0.29) is 6.61 Å². The van der Waals surface area contributed by atoms with Crippen molar-refractivity contribution in [1.82, 2.24) is 4.90 Å². The summed E-state index contributed by atoms with van der Waals surface area (Å²) >= 11 is 0. The summed E-state index contributed by atoms with van der Waals surface area (Å²) in [6.07, 6.45) is 0.650. The predicted molar refractivity (Wildman–Crippen MR) is 68.7 cm³/mol. The number of ether oxygens (including phenoxy) is 1. The van der Waals surface area contributed by atoms with Gasteiger partial charge in [0.1, 0.15) is 12.6 Å². The number of carboxylic acid groups (broad SMARTS) is 1. The Morgan fingerprint density at radius 3 is 2.95 bits per heavy atom. The van der Waals surface area contributed by atoms with Crippen LogP contribution in [0.4, 0.5) is 4.79 Å². The Hall–Kier alpha value is -2.04. The lowest BCUT2D eigenvalue weighted by atomic mass is 10.1. The Balaban J connectivity index is 1.92. The normalized spacial score (nSPS) is 18.4. The molecule has 1 aliphatic rings. The number of likely N-dealkylation sites (tertiary alicyclic amines) is 1. The van der Waals surface area contributed by atoms with Crippen LogP contribution < -0.4 is 0 Å². The monoisotopic (exact) mass is 263 g/mol. The first-order chi connectivity index (χ1) is 9.08. The molecule has 102 valence electrons. The number of carbonyl (C=O) groups excluding carboxylic acids is 1. The van der Waals surface area contributed by atoms with Crippen molar-refractivity contribution in [2.24, 2.45) is 0 Å². The molecule has 1 N–H and O–H groups in total. The van der Waals surface area contributed by atoms with Gasteiger partial charge in [-0.05, 0) is 25.3 Å². The van der Waals surface area contributed by atoms with Gasteiger partial charge in [-0.15, -0.1) is 0 Å². The van der Waals surface area contributed by atoms with Crippen molar-refractivity contribution < 1.29 is 19.4 Å². The zero-order valence-corrected chi connectivity index (χ0v) is 10.8. The van der Waals surface area contributed by atoms with E-state index in [0.717, 1.165) is 11.1 Å². The number of carboxylic acids is 1. The fourth-order valence-electron chi connectivity index (χ4n) is 2.27. The van der Waals surface area contributed by atoms with Crippen LogP contribution in [0, 0.1) is 6.92 Å². The number of amides is 1. The molecular weight excluding hydrogens is 246 g/mol. The molecule has 19 heavy (non-hydrogen) atoms. The highest BCUT2D eigenvalue weighted by Gasteiger charge is 2.34. The first kappa shape index (κ1) is 13.4. The molecule has 0 spiro atoms. The van der Waals surface area contributed by atoms with E-state index in [1.807, 2.05) is 31.2 Å². The van der Waals surface area contributed by atoms with Gasteiger partial charge in [0.25, 0.3) is 0 Å². The summed E-state index contributed by atoms with van der Waals surface area (Å²) < 4.78 is 5.17. The number of aliphatic carboxylic acids is 1. The lowest BCUT2D eigenvalue weighted by molar-refractivity contribution is -0.141. The summed E-state index contributed by atoms with van der Waals surface area (Å²) in [4.78, 5) is 24.1. The van der Waals surface area contributed by atoms with Gasteiger partial charge in [-0.3, -0.25) is 4.90 Å². The summed E-state index contributed by atoms with van der Waals surface area (Å²) in [5, 5.41) is 9.00. The molecule has 5 heteroatoms. The molecule has 1 aliphatic heterocycles. The van der Waals surface area contributed by atoms with E-state index in [0.29, 0.717) is 19.4 Å². The van der Waals surface area contributed by atoms with Gasteiger partial charge in [0, 0.05) is 6.54 Å². The highest BCUT2D eigenvalue weighted by molar-refractivity contribution is 5.80. The Morgan fingerprint density at radius 1 is 1.47 bits per heavy atom. The molecule has 0 aliphatic carbocycles. The van der Waals surface area contributed by atoms with Crippen LogP contribution in [0.25, 0.3) is 0 Å². The van der Waals surface area contributed by atoms with Gasteiger partial charge in [0.05, 0.1) is 0 Å². The maximum atomic E-state index is 11.9. The lowest BCUT2D eigenvalue weighted by Gasteiger charge is -2.20. The molecule has 1 unspecified atom stereocenters. The van der Waals surface area contributed by atoms with E-state index >= 15 is 0 Å². The molecular formula is C14H17NO4. The summed E-state index contributed by atoms with van der Waals surface area (Å²) in [7, 11) is 0. The topological polar surface area (TPSA) is 66.8 Å². The maximum Gasteiger partial charge on any atom is 0.410 e. The summed E-state index contributed by atoms with van der Waals surface area (Å²) in [6, 6.07) is 6.93. The van der Waals surface area contributed by atoms with Gasteiger partial charge < -0.3 is 9.84 Å². The van der Waals surface area contributed by atoms with Crippen LogP contribution in [0.3, 0.4) is 0 Å². The van der Waals surface area contributed by atoms with E-state index in [9.17, 15) is 9.59 Å². The van der Waals surface area contributed by atoms with Crippen LogP contribution >= 0.6 is 0 Å². The molecule has 0 saturated carbocycles. The van der Waals surface area contributed by atoms with Crippen LogP contribution in [0.5, 0.6) is 0 Å². The average molecular weight is 263 g/mol. The minimum Gasteiger partial charge on any atom is -0.480 e. The Kier molecular flexibility index (Phi) is 4.04. The molecule has 1 fully saturated rings. The molecule has 2 rings (SSSR count). The summed E-state index contributed by atoms with van der Waals surface area (Å²) in [6.45, 7) is 2.58. The van der Waals surface area contributed by atoms with Crippen molar-refractivity contribution >= 4 is 12.1 Å². The van der Waals surface area contributed by atoms with E-state index in [4.69, 9.17) is 9.84 Å². The van der Waals surface area contributed by atoms with Crippen molar-refractivity contribution in [3.8, 4) is 0 Å². The first-order valence-corrected chi connectivity index (χ1v) is 6.29. The quantitative estimate of drug-likeness (QED) is 0.907. The minimum atomic E-state index is -0.968. The first-order valence-electron chi connectivity index (χ1n) is 6.29. The third-order valence-electron chi connectivity index (χ3n) is 3.22. The molecule has 1 atom stereocenters. The van der Waals surface area contributed by atoms with Gasteiger partial charge in [0.2, 0.25) is 0 Å². The van der Waals surface area contributed by atoms with Gasteiger partial charge in [-0.2, -0.15) is 0 Å². The van der Waals surface area contributed by atoms with Crippen molar-refractivity contribution in [2.45, 2.75) is 32.4 Å². The van der Waals surface area contributed by atoms with E-state index in [1.54, 1.807) is 0 Å². The van der Waals surface area contributed by atoms with Crippen LogP contribution in [0.1, 0.15) is 24.0 Å². The number of hydrogen-bond acceptors (Lipinski definition) is 3. The van der Waals surface area contributed by atoms with Crippen molar-refractivity contribution in [3.63, 3.8) is 0 Å². The third kappa shape index (κ3) is 3.24. The minimum absolute atomic E-state index is 0.170. The smallest absolute Gasteiger partial charge is 0.410 e. The molecule has 0 bridgehead atoms. The number of carbonyl (C=O) groups is 2. The Morgan fingerprint density at radius 2 is 2.26 bits per heavy atom. The lowest BCUT2D eigenvalue weighted by Crippen LogP contribution is -2.40. The zero-order valence-electron chi connectivity index (χ0n) is 10.8. The second-order valence-corrected chi connectivity index (χ2v) is 4.73. The highest BCUT2D eigenvalue weighted by atomic mass is 16.6. The van der Waals surface area contributed by atoms with E-state index in [1.165, 1.54) is 4.90 Å². The maximum absolute atomic E-state index is 11.9. The van der Waals surface area contributed by atoms with Crippen LogP contribution in [0.15, 0.2) is 24.3 Å². The number of nitrogens with zero attached hydrogens (tertiary/aromatic N) is 1. The van der Waals surface area contributed by atoms with Crippen LogP contribution in [-0.2, 0) is 16.1 Å². The van der Waals surface area contributed by atoms with Gasteiger partial charge in [-0.1, -0.05) is 29.8 Å². The van der Waals surface area contributed by atoms with Crippen molar-refractivity contribution in [2.75, 3.05) is 6.54 Å². The predicted octanol–water partition coefficient (Wildman–Crippen LogP) is 2.18. The van der Waals surface area contributed by atoms with Gasteiger partial charge in [-0.25, -0.2) is 9.59 Å². The molecule has 1 saturated heterocycles. The van der Waals surface area contributed by atoms with E-state index in [2.05, 4.69) is 0 Å². The van der Waals surface area contributed by atoms with E-state index < -0.39 is 18.1 Å². The SMILES string of the molecule is Cc1cccc(COC(=O)N2CCCC2C(=O)O)c1.